The van der Waals surface area contributed by atoms with Gasteiger partial charge in [0.05, 0.1) is 0 Å². The monoisotopic (exact) mass is 425 g/mol. The van der Waals surface area contributed by atoms with Crippen molar-refractivity contribution in [1.82, 2.24) is 0 Å². The molecule has 0 aliphatic carbocycles. The van der Waals surface area contributed by atoms with Crippen LogP contribution in [0.25, 0.3) is 0 Å². The van der Waals surface area contributed by atoms with Crippen LogP contribution in [0.4, 0.5) is 32.0 Å². The van der Waals surface area contributed by atoms with Crippen molar-refractivity contribution in [3.8, 4) is 11.5 Å². The Labute approximate surface area is 166 Å². The maximum Gasteiger partial charge on any atom is 0.420 e. The summed E-state index contributed by atoms with van der Waals surface area (Å²) in [6, 6.07) is 9.65. The fourth-order valence-corrected chi connectivity index (χ4v) is 2.66. The molecule has 1 N–H and O–H groups in total. The van der Waals surface area contributed by atoms with E-state index in [-0.39, 0.29) is 23.6 Å². The van der Waals surface area contributed by atoms with Crippen LogP contribution in [0.5, 0.6) is 11.5 Å². The van der Waals surface area contributed by atoms with E-state index >= 15 is 0 Å². The summed E-state index contributed by atoms with van der Waals surface area (Å²) in [6.07, 6.45) is -4.84. The molecule has 0 aromatic heterocycles. The van der Waals surface area contributed by atoms with Gasteiger partial charge in [0.25, 0.3) is 5.91 Å². The van der Waals surface area contributed by atoms with Gasteiger partial charge in [0.2, 0.25) is 0 Å². The maximum absolute atomic E-state index is 13.7. The molecule has 0 saturated carbocycles. The molecule has 0 fully saturated rings. The zero-order valence-corrected chi connectivity index (χ0v) is 15.3. The molecule has 0 heterocycles. The molecule has 3 rings (SSSR count). The fourth-order valence-electron chi connectivity index (χ4n) is 2.66. The van der Waals surface area contributed by atoms with E-state index in [2.05, 4.69) is 0 Å². The van der Waals surface area contributed by atoms with Gasteiger partial charge in [0.15, 0.2) is 0 Å². The van der Waals surface area contributed by atoms with Gasteiger partial charge in [-0.2, -0.15) is 13.2 Å². The van der Waals surface area contributed by atoms with Crippen LogP contribution >= 0.6 is 0 Å². The van der Waals surface area contributed by atoms with Crippen LogP contribution < -0.4 is 10.1 Å². The number of aryl methyl sites for hydroxylation is 1. The first-order chi connectivity index (χ1) is 14.1. The van der Waals surface area contributed by atoms with E-state index in [1.54, 1.807) is 25.1 Å². The Morgan fingerprint density at radius 3 is 2.13 bits per heavy atom. The molecule has 0 bridgehead atoms. The summed E-state index contributed by atoms with van der Waals surface area (Å²) in [5.74, 6) is -5.89. The second-order valence-electron chi connectivity index (χ2n) is 6.27. The predicted octanol–water partition coefficient (Wildman–Crippen LogP) is 6.48. The second kappa shape index (κ2) is 8.10. The van der Waals surface area contributed by atoms with Crippen molar-refractivity contribution in [3.63, 3.8) is 0 Å². The van der Waals surface area contributed by atoms with E-state index in [9.17, 15) is 31.1 Å². The molecule has 0 spiro atoms. The number of anilines is 1. The third-order valence-corrected chi connectivity index (χ3v) is 4.09. The van der Waals surface area contributed by atoms with Gasteiger partial charge in [-0.15, -0.1) is 0 Å². The van der Waals surface area contributed by atoms with E-state index in [4.69, 9.17) is 4.74 Å². The SMILES string of the molecule is Cc1ccccc1Oc1ccc(NC(=O)c2c(F)cc(F)cc2F)cc1C(F)(F)F. The van der Waals surface area contributed by atoms with Crippen molar-refractivity contribution >= 4 is 11.6 Å². The number of carbonyl (C=O) groups is 1. The molecule has 30 heavy (non-hydrogen) atoms. The van der Waals surface area contributed by atoms with Gasteiger partial charge in [-0.1, -0.05) is 18.2 Å². The summed E-state index contributed by atoms with van der Waals surface area (Å²) in [5.41, 5.74) is -2.10. The summed E-state index contributed by atoms with van der Waals surface area (Å²) in [7, 11) is 0. The first-order valence-corrected chi connectivity index (χ1v) is 8.47. The minimum atomic E-state index is -4.84. The summed E-state index contributed by atoms with van der Waals surface area (Å²) < 4.78 is 86.4. The van der Waals surface area contributed by atoms with Crippen molar-refractivity contribution in [1.29, 1.82) is 0 Å². The van der Waals surface area contributed by atoms with Crippen molar-refractivity contribution in [2.45, 2.75) is 13.1 Å². The lowest BCUT2D eigenvalue weighted by molar-refractivity contribution is -0.138. The number of hydrogen-bond acceptors (Lipinski definition) is 2. The van der Waals surface area contributed by atoms with Crippen LogP contribution in [-0.2, 0) is 6.18 Å². The van der Waals surface area contributed by atoms with Crippen molar-refractivity contribution < 1.29 is 35.9 Å². The van der Waals surface area contributed by atoms with Crippen LogP contribution in [0, 0.1) is 24.4 Å². The Hall–Kier alpha value is -3.49. The van der Waals surface area contributed by atoms with Crippen molar-refractivity contribution in [2.75, 3.05) is 5.32 Å². The van der Waals surface area contributed by atoms with E-state index < -0.39 is 46.4 Å². The summed E-state index contributed by atoms with van der Waals surface area (Å²) in [4.78, 5) is 12.1. The van der Waals surface area contributed by atoms with Crippen LogP contribution in [0.15, 0.2) is 54.6 Å². The lowest BCUT2D eigenvalue weighted by Crippen LogP contribution is -2.17. The van der Waals surface area contributed by atoms with Gasteiger partial charge >= 0.3 is 6.18 Å². The van der Waals surface area contributed by atoms with Crippen molar-refractivity contribution in [3.05, 3.63) is 88.7 Å². The highest BCUT2D eigenvalue weighted by atomic mass is 19.4. The highest BCUT2D eigenvalue weighted by molar-refractivity contribution is 6.04. The zero-order chi connectivity index (χ0) is 22.1. The Morgan fingerprint density at radius 2 is 1.53 bits per heavy atom. The molecule has 3 aromatic rings. The van der Waals surface area contributed by atoms with Gasteiger partial charge in [0.1, 0.15) is 40.1 Å². The highest BCUT2D eigenvalue weighted by Gasteiger charge is 2.35. The smallest absolute Gasteiger partial charge is 0.420 e. The topological polar surface area (TPSA) is 38.3 Å². The molecule has 0 aliphatic rings. The molecule has 0 unspecified atom stereocenters. The average molecular weight is 425 g/mol. The number of amides is 1. The Kier molecular flexibility index (Phi) is 5.73. The number of alkyl halides is 3. The number of nitrogens with one attached hydrogen (secondary N) is 1. The Bertz CT molecular complexity index is 1090. The number of rotatable bonds is 4. The molecule has 156 valence electrons. The summed E-state index contributed by atoms with van der Waals surface area (Å²) >= 11 is 0. The summed E-state index contributed by atoms with van der Waals surface area (Å²) in [5, 5.41) is 1.98. The number of ether oxygens (including phenoxy) is 1. The lowest BCUT2D eigenvalue weighted by Gasteiger charge is -2.16. The van der Waals surface area contributed by atoms with Gasteiger partial charge in [-0.05, 0) is 36.8 Å². The van der Waals surface area contributed by atoms with Crippen LogP contribution in [0.3, 0.4) is 0 Å². The molecule has 0 radical (unpaired) electrons. The van der Waals surface area contributed by atoms with Crippen LogP contribution in [0.2, 0.25) is 0 Å². The Balaban J connectivity index is 1.94. The minimum absolute atomic E-state index is 0.204. The lowest BCUT2D eigenvalue weighted by atomic mass is 10.1. The molecule has 9 heteroatoms. The number of benzene rings is 3. The molecule has 0 saturated heterocycles. The standard InChI is InChI=1S/C21H13F6NO2/c1-11-4-2-3-5-17(11)30-18-7-6-13(10-14(18)21(25,26)27)28-20(29)19-15(23)8-12(22)9-16(19)24/h2-10H,1H3,(H,28,29). The second-order valence-corrected chi connectivity index (χ2v) is 6.27. The minimum Gasteiger partial charge on any atom is -0.456 e. The molecule has 0 aliphatic heterocycles. The average Bonchev–Trinajstić information content (AvgIpc) is 2.63. The van der Waals surface area contributed by atoms with E-state index in [1.807, 2.05) is 5.32 Å². The van der Waals surface area contributed by atoms with E-state index in [1.165, 1.54) is 6.07 Å². The molecule has 1 amide bonds. The number of para-hydroxylation sites is 1. The number of halogens is 6. The van der Waals surface area contributed by atoms with Crippen LogP contribution in [0.1, 0.15) is 21.5 Å². The Morgan fingerprint density at radius 1 is 0.900 bits per heavy atom. The van der Waals surface area contributed by atoms with E-state index in [0.29, 0.717) is 11.6 Å². The first-order valence-electron chi connectivity index (χ1n) is 8.47. The quantitative estimate of drug-likeness (QED) is 0.486. The zero-order valence-electron chi connectivity index (χ0n) is 15.3. The highest BCUT2D eigenvalue weighted by Crippen LogP contribution is 2.40. The van der Waals surface area contributed by atoms with Gasteiger partial charge in [0, 0.05) is 17.8 Å². The fraction of sp³-hybridized carbons (Fsp3) is 0.0952. The molecule has 0 atom stereocenters. The van der Waals surface area contributed by atoms with Crippen molar-refractivity contribution in [2.24, 2.45) is 0 Å². The predicted molar refractivity (Wildman–Crippen MR) is 97.0 cm³/mol. The third kappa shape index (κ3) is 4.56. The van der Waals surface area contributed by atoms with Gasteiger partial charge < -0.3 is 10.1 Å². The van der Waals surface area contributed by atoms with Gasteiger partial charge in [-0.3, -0.25) is 4.79 Å². The van der Waals surface area contributed by atoms with E-state index in [0.717, 1.165) is 12.1 Å². The van der Waals surface area contributed by atoms with Crippen LogP contribution in [-0.4, -0.2) is 5.91 Å². The molecule has 3 nitrogen and oxygen atoms in total. The number of carbonyl (C=O) groups excluding carboxylic acids is 1. The maximum atomic E-state index is 13.7. The molecular formula is C21H13F6NO2. The first kappa shape index (κ1) is 21.2. The summed E-state index contributed by atoms with van der Waals surface area (Å²) in [6.45, 7) is 1.66. The molecule has 3 aromatic carbocycles. The third-order valence-electron chi connectivity index (χ3n) is 4.09. The normalized spacial score (nSPS) is 11.3. The number of hydrogen-bond donors (Lipinski definition) is 1. The van der Waals surface area contributed by atoms with Gasteiger partial charge in [-0.25, -0.2) is 13.2 Å². The largest absolute Gasteiger partial charge is 0.456 e. The molecular weight excluding hydrogens is 412 g/mol.